The summed E-state index contributed by atoms with van der Waals surface area (Å²) in [5.41, 5.74) is 8.36. The monoisotopic (exact) mass is 746 g/mol. The zero-order valence-electron chi connectivity index (χ0n) is 32.1. The number of nitrogens with two attached hydrogens (primary N) is 1. The largest absolute Gasteiger partial charge is 0.425 e. The standard InChI is InChI=1S/C46H54N2O7/c1-5-45(52)21-17-37-35-11-7-27-23-29(9-13-31(27)33(35)15-19-43(37,45)3)54-41(50)26-48-40(49)25-39(47)42(51)55-30-10-14-32-28(24-30)8-12-36-34(32)16-20-44(4)38(36)18-22-46(44,53)6-2/h1-2,9-10,13-14,23-24,33-39,52-53H,7-8,11-12,15-22,25-26,47H2,3-4H3,(H,48,49)/t33?,34?,35?,36?,37?,38?,39?,43-,44-,45-,46-/m0/s1. The van der Waals surface area contributed by atoms with Crippen molar-refractivity contribution in [1.29, 1.82) is 0 Å². The maximum atomic E-state index is 12.9. The number of hydrogen-bond acceptors (Lipinski definition) is 8. The molecule has 6 aliphatic carbocycles. The van der Waals surface area contributed by atoms with Gasteiger partial charge < -0.3 is 30.7 Å². The van der Waals surface area contributed by atoms with E-state index in [0.29, 0.717) is 59.8 Å². The molecule has 4 fully saturated rings. The van der Waals surface area contributed by atoms with Gasteiger partial charge in [0.25, 0.3) is 0 Å². The molecule has 0 aliphatic heterocycles. The summed E-state index contributed by atoms with van der Waals surface area (Å²) in [4.78, 5) is 38.3. The van der Waals surface area contributed by atoms with E-state index < -0.39 is 35.1 Å². The third kappa shape index (κ3) is 6.09. The number of terminal acetylenes is 2. The van der Waals surface area contributed by atoms with Crippen LogP contribution in [0.4, 0.5) is 0 Å². The topological polar surface area (TPSA) is 148 Å². The third-order valence-corrected chi connectivity index (χ3v) is 15.8. The normalized spacial score (nSPS) is 37.2. The number of aliphatic hydroxyl groups is 2. The lowest BCUT2D eigenvalue weighted by Crippen LogP contribution is -2.50. The van der Waals surface area contributed by atoms with Gasteiger partial charge in [-0.1, -0.05) is 37.8 Å². The fraction of sp³-hybridized carbons (Fsp3) is 0.587. The van der Waals surface area contributed by atoms with Crippen molar-refractivity contribution < 1.29 is 34.1 Å². The molecule has 290 valence electrons. The highest BCUT2D eigenvalue weighted by Crippen LogP contribution is 2.65. The number of hydrogen-bond donors (Lipinski definition) is 4. The second-order valence-corrected chi connectivity index (χ2v) is 18.0. The quantitative estimate of drug-likeness (QED) is 0.166. The molecule has 0 spiro atoms. The van der Waals surface area contributed by atoms with Crippen molar-refractivity contribution in [3.63, 3.8) is 0 Å². The zero-order chi connectivity index (χ0) is 38.9. The molecule has 0 aromatic heterocycles. The van der Waals surface area contributed by atoms with Crippen LogP contribution >= 0.6 is 0 Å². The van der Waals surface area contributed by atoms with E-state index in [9.17, 15) is 24.6 Å². The summed E-state index contributed by atoms with van der Waals surface area (Å²) in [6.45, 7) is 3.98. The first-order valence-corrected chi connectivity index (χ1v) is 20.3. The second kappa shape index (κ2) is 13.8. The van der Waals surface area contributed by atoms with Crippen LogP contribution in [0, 0.1) is 59.2 Å². The fourth-order valence-corrected chi connectivity index (χ4v) is 12.6. The summed E-state index contributed by atoms with van der Waals surface area (Å²) in [6.07, 6.45) is 21.9. The van der Waals surface area contributed by atoms with Crippen LogP contribution < -0.4 is 20.5 Å². The SMILES string of the molecule is C#C[C@]1(O)CCC2C3CCc4cc(OC(=O)CNC(=O)CC(N)C(=O)Oc5ccc6c(c5)CCC5C6CC[C@@]6(C)C5CC[C@@]6(O)C#C)ccc4C3CC[C@@]21C. The molecule has 55 heavy (non-hydrogen) atoms. The van der Waals surface area contributed by atoms with Crippen molar-refractivity contribution in [2.45, 2.75) is 126 Å². The Labute approximate surface area is 324 Å². The van der Waals surface area contributed by atoms with Gasteiger partial charge in [0.15, 0.2) is 0 Å². The highest BCUT2D eigenvalue weighted by atomic mass is 16.5. The minimum Gasteiger partial charge on any atom is -0.425 e. The van der Waals surface area contributed by atoms with Crippen LogP contribution in [-0.2, 0) is 27.2 Å². The summed E-state index contributed by atoms with van der Waals surface area (Å²) >= 11 is 0. The molecule has 2 aromatic rings. The van der Waals surface area contributed by atoms with Gasteiger partial charge in [-0.2, -0.15) is 0 Å². The van der Waals surface area contributed by atoms with Gasteiger partial charge in [-0.15, -0.1) is 12.8 Å². The van der Waals surface area contributed by atoms with Crippen LogP contribution in [0.3, 0.4) is 0 Å². The number of benzene rings is 2. The van der Waals surface area contributed by atoms with Crippen molar-refractivity contribution in [3.8, 4) is 36.2 Å². The van der Waals surface area contributed by atoms with E-state index in [1.54, 1.807) is 6.07 Å². The van der Waals surface area contributed by atoms with Crippen LogP contribution in [0.1, 0.15) is 119 Å². The fourth-order valence-electron chi connectivity index (χ4n) is 12.6. The Morgan fingerprint density at radius 3 is 1.76 bits per heavy atom. The summed E-state index contributed by atoms with van der Waals surface area (Å²) in [5, 5.41) is 25.0. The van der Waals surface area contributed by atoms with Gasteiger partial charge >= 0.3 is 11.9 Å². The van der Waals surface area contributed by atoms with Gasteiger partial charge in [0.05, 0.1) is 6.42 Å². The first kappa shape index (κ1) is 37.8. The maximum Gasteiger partial charge on any atom is 0.330 e. The molecule has 2 aromatic carbocycles. The number of esters is 2. The van der Waals surface area contributed by atoms with Gasteiger partial charge in [0, 0.05) is 10.8 Å². The molecule has 0 heterocycles. The molecule has 9 heteroatoms. The van der Waals surface area contributed by atoms with Gasteiger partial charge in [-0.25, -0.2) is 9.59 Å². The van der Waals surface area contributed by atoms with Crippen molar-refractivity contribution in [2.24, 2.45) is 40.2 Å². The summed E-state index contributed by atoms with van der Waals surface area (Å²) in [7, 11) is 0. The van der Waals surface area contributed by atoms with Crippen LogP contribution in [0.5, 0.6) is 11.5 Å². The van der Waals surface area contributed by atoms with Crippen LogP contribution in [0.25, 0.3) is 0 Å². The number of nitrogens with one attached hydrogen (secondary N) is 1. The molecule has 4 saturated carbocycles. The highest BCUT2D eigenvalue weighted by Gasteiger charge is 2.62. The van der Waals surface area contributed by atoms with E-state index in [0.717, 1.165) is 69.8 Å². The van der Waals surface area contributed by atoms with E-state index in [4.69, 9.17) is 28.1 Å². The van der Waals surface area contributed by atoms with Gasteiger partial charge in [-0.3, -0.25) is 4.79 Å². The number of carbonyl (C=O) groups is 3. The zero-order valence-corrected chi connectivity index (χ0v) is 32.1. The molecule has 5 N–H and O–H groups in total. The van der Waals surface area contributed by atoms with E-state index in [1.807, 2.05) is 24.3 Å². The number of ether oxygens (including phenoxy) is 2. The summed E-state index contributed by atoms with van der Waals surface area (Å²) < 4.78 is 11.2. The predicted octanol–water partition coefficient (Wildman–Crippen LogP) is 5.47. The maximum absolute atomic E-state index is 12.9. The van der Waals surface area contributed by atoms with Crippen LogP contribution in [0.15, 0.2) is 36.4 Å². The van der Waals surface area contributed by atoms with E-state index >= 15 is 0 Å². The van der Waals surface area contributed by atoms with Gasteiger partial charge in [-0.05, 0) is 159 Å². The minimum absolute atomic E-state index is 0.258. The smallest absolute Gasteiger partial charge is 0.330 e. The molecule has 0 bridgehead atoms. The Morgan fingerprint density at radius 1 is 0.782 bits per heavy atom. The van der Waals surface area contributed by atoms with Crippen molar-refractivity contribution in [2.75, 3.05) is 6.54 Å². The molecule has 0 saturated heterocycles. The summed E-state index contributed by atoms with van der Waals surface area (Å²) in [5.74, 6) is 6.83. The molecule has 8 rings (SSSR count). The molecular weight excluding hydrogens is 693 g/mol. The average molecular weight is 747 g/mol. The van der Waals surface area contributed by atoms with Gasteiger partial charge in [0.1, 0.15) is 35.3 Å². The molecule has 6 aliphatic rings. The second-order valence-electron chi connectivity index (χ2n) is 18.0. The van der Waals surface area contributed by atoms with E-state index in [-0.39, 0.29) is 23.8 Å². The number of amides is 1. The number of aryl methyl sites for hydroxylation is 2. The molecule has 9 nitrogen and oxygen atoms in total. The summed E-state index contributed by atoms with van der Waals surface area (Å²) in [6, 6.07) is 10.3. The lowest BCUT2D eigenvalue weighted by molar-refractivity contribution is -0.138. The Bertz CT molecular complexity index is 2000. The third-order valence-electron chi connectivity index (χ3n) is 15.8. The average Bonchev–Trinajstić information content (AvgIpc) is 3.62. The lowest BCUT2D eigenvalue weighted by Gasteiger charge is -2.52. The Balaban J connectivity index is 0.807. The Kier molecular flexibility index (Phi) is 9.47. The number of fused-ring (bicyclic) bond motifs is 10. The first-order valence-electron chi connectivity index (χ1n) is 20.3. The number of carbonyl (C=O) groups excluding carboxylic acids is 3. The molecule has 1 amide bonds. The van der Waals surface area contributed by atoms with Crippen LogP contribution in [0.2, 0.25) is 0 Å². The predicted molar refractivity (Wildman–Crippen MR) is 207 cm³/mol. The molecule has 0 radical (unpaired) electrons. The molecule has 11 atom stereocenters. The van der Waals surface area contributed by atoms with Crippen LogP contribution in [-0.4, -0.2) is 51.8 Å². The number of rotatable bonds is 7. The van der Waals surface area contributed by atoms with E-state index in [2.05, 4.69) is 37.1 Å². The van der Waals surface area contributed by atoms with Gasteiger partial charge in [0.2, 0.25) is 5.91 Å². The van der Waals surface area contributed by atoms with Crippen molar-refractivity contribution in [3.05, 3.63) is 58.7 Å². The van der Waals surface area contributed by atoms with E-state index in [1.165, 1.54) is 16.7 Å². The Hall–Kier alpha value is -4.15. The molecular formula is C46H54N2O7. The minimum atomic E-state index is -1.21. The lowest BCUT2D eigenvalue weighted by atomic mass is 9.53. The van der Waals surface area contributed by atoms with Crippen molar-refractivity contribution in [1.82, 2.24) is 5.32 Å². The highest BCUT2D eigenvalue weighted by molar-refractivity contribution is 5.88. The van der Waals surface area contributed by atoms with Crippen molar-refractivity contribution >= 4 is 17.8 Å². The molecule has 7 unspecified atom stereocenters. The first-order chi connectivity index (χ1) is 26.2. The Morgan fingerprint density at radius 2 is 1.27 bits per heavy atom.